The van der Waals surface area contributed by atoms with Crippen molar-refractivity contribution in [2.24, 2.45) is 0 Å². The van der Waals surface area contributed by atoms with Gasteiger partial charge in [-0.05, 0) is 42.5 Å². The SMILES string of the molecule is CCCCCCCCN1/C(=C2\SC(=S)N(OCCC(=O)c3ccc(-c4nc(C(Cl)(Cl)Cl)nc(C(Cl)(Cl)Cl)n4)cc3)C2=O)Sc2ccccc21. The number of unbranched alkanes of at least 4 members (excludes halogenated alkanes) is 5. The van der Waals surface area contributed by atoms with Gasteiger partial charge in [0, 0.05) is 29.0 Å². The molecule has 0 radical (unpaired) electrons. The van der Waals surface area contributed by atoms with Crippen LogP contribution >= 0.6 is 105 Å². The first-order valence-corrected chi connectivity index (χ1v) is 19.6. The van der Waals surface area contributed by atoms with Gasteiger partial charge >= 0.3 is 0 Å². The Morgan fingerprint density at radius 1 is 0.857 bits per heavy atom. The van der Waals surface area contributed by atoms with Crippen molar-refractivity contribution < 1.29 is 14.4 Å². The molecule has 17 heteroatoms. The van der Waals surface area contributed by atoms with Crippen molar-refractivity contribution in [3.05, 3.63) is 75.7 Å². The van der Waals surface area contributed by atoms with Gasteiger partial charge in [0.2, 0.25) is 7.59 Å². The molecule has 0 bridgehead atoms. The molecule has 0 saturated carbocycles. The summed E-state index contributed by atoms with van der Waals surface area (Å²) >= 11 is 44.2. The summed E-state index contributed by atoms with van der Waals surface area (Å²) in [4.78, 5) is 48.6. The number of thioether (sulfide) groups is 2. The van der Waals surface area contributed by atoms with E-state index in [-0.39, 0.29) is 46.5 Å². The fraction of sp³-hybridized carbons (Fsp3) is 0.375. The first kappa shape index (κ1) is 38.8. The molecular formula is C32H29Cl6N5O3S3. The number of nitrogens with zero attached hydrogens (tertiary/aromatic N) is 5. The van der Waals surface area contributed by atoms with E-state index in [1.165, 1.54) is 37.4 Å². The molecule has 260 valence electrons. The number of ketones is 1. The number of rotatable bonds is 13. The number of fused-ring (bicyclic) bond motifs is 1. The van der Waals surface area contributed by atoms with Crippen LogP contribution in [0.4, 0.5) is 5.69 Å². The topological polar surface area (TPSA) is 88.5 Å². The summed E-state index contributed by atoms with van der Waals surface area (Å²) in [6.45, 7) is 2.96. The van der Waals surface area contributed by atoms with Crippen molar-refractivity contribution >= 4 is 127 Å². The molecule has 49 heavy (non-hydrogen) atoms. The third kappa shape index (κ3) is 9.74. The molecule has 1 aromatic heterocycles. The molecule has 1 amide bonds. The Morgan fingerprint density at radius 2 is 1.49 bits per heavy atom. The van der Waals surface area contributed by atoms with Crippen LogP contribution in [0, 0.1) is 0 Å². The zero-order valence-corrected chi connectivity index (χ0v) is 32.9. The van der Waals surface area contributed by atoms with Crippen molar-refractivity contribution in [3.8, 4) is 11.4 Å². The van der Waals surface area contributed by atoms with Gasteiger partial charge in [0.05, 0.1) is 12.3 Å². The standard InChI is InChI=1S/C32H29Cl6N5O3S3/c1-2-3-4-5-6-9-17-42-21-10-7-8-11-23(21)48-27(42)24-26(45)43(30(47)49-24)46-18-16-22(44)19-12-14-20(15-13-19)25-39-28(31(33,34)35)41-29(40-25)32(36,37)38/h7-8,10-15H,2-6,9,16-18H2,1H3/b27-24+. The fourth-order valence-corrected chi connectivity index (χ4v) is 8.03. The van der Waals surface area contributed by atoms with Gasteiger partial charge in [0.25, 0.3) is 5.91 Å². The molecule has 2 aromatic carbocycles. The molecule has 2 aliphatic heterocycles. The molecule has 8 nitrogen and oxygen atoms in total. The normalized spacial score (nSPS) is 16.6. The van der Waals surface area contributed by atoms with E-state index in [9.17, 15) is 9.59 Å². The van der Waals surface area contributed by atoms with E-state index in [0.29, 0.717) is 16.0 Å². The summed E-state index contributed by atoms with van der Waals surface area (Å²) in [5.74, 6) is -0.932. The van der Waals surface area contributed by atoms with E-state index >= 15 is 0 Å². The second-order valence-electron chi connectivity index (χ2n) is 11.0. The van der Waals surface area contributed by atoms with Crippen LogP contribution in [0.1, 0.15) is 73.9 Å². The lowest BCUT2D eigenvalue weighted by Gasteiger charge is -2.21. The van der Waals surface area contributed by atoms with Gasteiger partial charge in [0.15, 0.2) is 27.6 Å². The quantitative estimate of drug-likeness (QED) is 0.0545. The van der Waals surface area contributed by atoms with Crippen LogP contribution in [0.25, 0.3) is 11.4 Å². The summed E-state index contributed by atoms with van der Waals surface area (Å²) in [5.41, 5.74) is 1.94. The minimum absolute atomic E-state index is 0.00671. The molecule has 0 spiro atoms. The predicted octanol–water partition coefficient (Wildman–Crippen LogP) is 10.7. The Bertz CT molecular complexity index is 1720. The van der Waals surface area contributed by atoms with Crippen LogP contribution in [0.3, 0.4) is 0 Å². The molecule has 0 N–H and O–H groups in total. The number of benzene rings is 2. The minimum atomic E-state index is -2.00. The lowest BCUT2D eigenvalue weighted by molar-refractivity contribution is -0.155. The number of carbonyl (C=O) groups is 2. The first-order valence-electron chi connectivity index (χ1n) is 15.3. The number of hydrogen-bond acceptors (Lipinski definition) is 10. The monoisotopic (exact) mass is 837 g/mol. The second kappa shape index (κ2) is 17.0. The first-order chi connectivity index (χ1) is 23.3. The number of hydroxylamine groups is 2. The maximum absolute atomic E-state index is 13.6. The summed E-state index contributed by atoms with van der Waals surface area (Å²) in [7, 11) is 0. The molecular weight excluding hydrogens is 811 g/mol. The maximum Gasteiger partial charge on any atom is 0.293 e. The summed E-state index contributed by atoms with van der Waals surface area (Å²) < 4.78 is -3.72. The van der Waals surface area contributed by atoms with E-state index in [1.54, 1.807) is 36.0 Å². The number of anilines is 1. The van der Waals surface area contributed by atoms with Crippen LogP contribution in [-0.4, -0.2) is 49.2 Å². The van der Waals surface area contributed by atoms with Crippen LogP contribution < -0.4 is 4.90 Å². The average molecular weight is 841 g/mol. The Balaban J connectivity index is 1.22. The summed E-state index contributed by atoms with van der Waals surface area (Å²) in [5, 5.41) is 1.96. The molecule has 1 saturated heterocycles. The average Bonchev–Trinajstić information content (AvgIpc) is 3.57. The number of hydrogen-bond donors (Lipinski definition) is 0. The molecule has 1 fully saturated rings. The fourth-order valence-electron chi connectivity index (χ4n) is 5.01. The van der Waals surface area contributed by atoms with Gasteiger partial charge in [-0.2, -0.15) is 5.06 Å². The Labute approximate surface area is 328 Å². The van der Waals surface area contributed by atoms with Crippen molar-refractivity contribution in [2.45, 2.75) is 64.4 Å². The highest BCUT2D eigenvalue weighted by atomic mass is 35.6. The van der Waals surface area contributed by atoms with E-state index in [0.717, 1.165) is 40.1 Å². The predicted molar refractivity (Wildman–Crippen MR) is 206 cm³/mol. The van der Waals surface area contributed by atoms with Gasteiger partial charge < -0.3 is 4.90 Å². The highest BCUT2D eigenvalue weighted by Crippen LogP contribution is 2.51. The summed E-state index contributed by atoms with van der Waals surface area (Å²) in [6, 6.07) is 14.5. The molecule has 3 heterocycles. The highest BCUT2D eigenvalue weighted by molar-refractivity contribution is 8.27. The Kier molecular flexibility index (Phi) is 13.4. The molecule has 0 unspecified atom stereocenters. The van der Waals surface area contributed by atoms with Gasteiger partial charge in [-0.3, -0.25) is 14.4 Å². The van der Waals surface area contributed by atoms with Gasteiger partial charge in [-0.1, -0.05) is 157 Å². The number of Topliss-reactive ketones (excluding diaryl/α,β-unsaturated/α-hetero) is 1. The van der Waals surface area contributed by atoms with E-state index in [4.69, 9.17) is 86.7 Å². The lowest BCUT2D eigenvalue weighted by Crippen LogP contribution is -2.30. The van der Waals surface area contributed by atoms with Crippen LogP contribution in [-0.2, 0) is 17.2 Å². The highest BCUT2D eigenvalue weighted by Gasteiger charge is 2.40. The molecule has 2 aliphatic rings. The third-order valence-electron chi connectivity index (χ3n) is 7.43. The van der Waals surface area contributed by atoms with Crippen LogP contribution in [0.5, 0.6) is 0 Å². The number of amides is 1. The molecule has 0 aliphatic carbocycles. The van der Waals surface area contributed by atoms with Gasteiger partial charge in [-0.25, -0.2) is 15.0 Å². The minimum Gasteiger partial charge on any atom is -0.334 e. The Morgan fingerprint density at radius 3 is 2.14 bits per heavy atom. The van der Waals surface area contributed by atoms with Crippen LogP contribution in [0.15, 0.2) is 63.4 Å². The van der Waals surface area contributed by atoms with Crippen molar-refractivity contribution in [1.29, 1.82) is 0 Å². The molecule has 3 aromatic rings. The number of carbonyl (C=O) groups excluding carboxylic acids is 2. The number of alkyl halides is 6. The summed E-state index contributed by atoms with van der Waals surface area (Å²) in [6.07, 6.45) is 7.03. The zero-order valence-electron chi connectivity index (χ0n) is 25.9. The second-order valence-corrected chi connectivity index (χ2v) is 18.2. The number of aromatic nitrogens is 3. The number of para-hydroxylation sites is 1. The number of thiocarbonyl (C=S) groups is 1. The molecule has 0 atom stereocenters. The van der Waals surface area contributed by atoms with Gasteiger partial charge in [-0.15, -0.1) is 0 Å². The van der Waals surface area contributed by atoms with E-state index in [1.807, 2.05) is 12.1 Å². The van der Waals surface area contributed by atoms with Crippen molar-refractivity contribution in [1.82, 2.24) is 20.0 Å². The zero-order chi connectivity index (χ0) is 35.3. The van der Waals surface area contributed by atoms with Crippen molar-refractivity contribution in [3.63, 3.8) is 0 Å². The molecule has 5 rings (SSSR count). The number of halogens is 6. The van der Waals surface area contributed by atoms with E-state index < -0.39 is 7.59 Å². The van der Waals surface area contributed by atoms with Crippen LogP contribution in [0.2, 0.25) is 0 Å². The lowest BCUT2D eigenvalue weighted by atomic mass is 10.1. The largest absolute Gasteiger partial charge is 0.334 e. The Hall–Kier alpha value is -1.38. The van der Waals surface area contributed by atoms with E-state index in [2.05, 4.69) is 38.9 Å². The smallest absolute Gasteiger partial charge is 0.293 e. The van der Waals surface area contributed by atoms with Crippen molar-refractivity contribution in [2.75, 3.05) is 18.1 Å². The maximum atomic E-state index is 13.6. The third-order valence-corrected chi connectivity index (χ3v) is 11.1. The van der Waals surface area contributed by atoms with Gasteiger partial charge in [0.1, 0.15) is 9.93 Å².